The van der Waals surface area contributed by atoms with Crippen LogP contribution in [0.2, 0.25) is 0 Å². The van der Waals surface area contributed by atoms with Crippen molar-refractivity contribution in [3.8, 4) is 6.07 Å². The molecular formula is C13H14N2. The van der Waals surface area contributed by atoms with Crippen molar-refractivity contribution in [1.82, 2.24) is 0 Å². The normalized spacial score (nSPS) is 11.7. The van der Waals surface area contributed by atoms with Crippen LogP contribution in [0, 0.1) is 11.3 Å². The van der Waals surface area contributed by atoms with E-state index < -0.39 is 0 Å². The number of hydrogen-bond acceptors (Lipinski definition) is 2. The van der Waals surface area contributed by atoms with Gasteiger partial charge >= 0.3 is 0 Å². The number of hydrogen-bond donors (Lipinski definition) is 0. The summed E-state index contributed by atoms with van der Waals surface area (Å²) < 4.78 is 0. The predicted octanol–water partition coefficient (Wildman–Crippen LogP) is 3.10. The summed E-state index contributed by atoms with van der Waals surface area (Å²) in [5.41, 5.74) is 3.11. The third kappa shape index (κ3) is 3.78. The van der Waals surface area contributed by atoms with E-state index in [-0.39, 0.29) is 0 Å². The molecule has 1 aromatic rings. The number of rotatable bonds is 3. The number of aliphatic imine (C=N–C) groups is 1. The third-order valence-electron chi connectivity index (χ3n) is 2.01. The second-order valence-corrected chi connectivity index (χ2v) is 3.37. The van der Waals surface area contributed by atoms with Crippen LogP contribution >= 0.6 is 0 Å². The average molecular weight is 198 g/mol. The molecule has 0 bridgehead atoms. The van der Waals surface area contributed by atoms with Crippen molar-refractivity contribution in [3.05, 3.63) is 47.2 Å². The van der Waals surface area contributed by atoms with Gasteiger partial charge in [-0.05, 0) is 38.0 Å². The summed E-state index contributed by atoms with van der Waals surface area (Å²) in [4.78, 5) is 4.06. The fourth-order valence-electron chi connectivity index (χ4n) is 1.27. The zero-order valence-electron chi connectivity index (χ0n) is 9.07. The standard InChI is InChI=1S/C13H14N2/c1-3-15-10-11(2)8-12-4-6-13(9-14)7-5-12/h3-7,10H,8H2,1-2H3/b11-10+,15-3?. The van der Waals surface area contributed by atoms with Crippen LogP contribution in [0.25, 0.3) is 0 Å². The fraction of sp³-hybridized carbons (Fsp3) is 0.231. The molecule has 1 rings (SSSR count). The molecule has 0 fully saturated rings. The Hall–Kier alpha value is -1.88. The van der Waals surface area contributed by atoms with Crippen LogP contribution in [0.3, 0.4) is 0 Å². The molecule has 2 heteroatoms. The van der Waals surface area contributed by atoms with Gasteiger partial charge in [0.05, 0.1) is 11.6 Å². The second kappa shape index (κ2) is 5.77. The minimum absolute atomic E-state index is 0.701. The van der Waals surface area contributed by atoms with Crippen molar-refractivity contribution >= 4 is 6.21 Å². The van der Waals surface area contributed by atoms with Crippen LogP contribution in [0.5, 0.6) is 0 Å². The zero-order chi connectivity index (χ0) is 11.1. The Morgan fingerprint density at radius 3 is 2.60 bits per heavy atom. The van der Waals surface area contributed by atoms with Gasteiger partial charge in [-0.2, -0.15) is 5.26 Å². The van der Waals surface area contributed by atoms with E-state index in [1.165, 1.54) is 11.1 Å². The third-order valence-corrected chi connectivity index (χ3v) is 2.01. The van der Waals surface area contributed by atoms with E-state index in [4.69, 9.17) is 5.26 Å². The number of nitrogens with zero attached hydrogens (tertiary/aromatic N) is 2. The summed E-state index contributed by atoms with van der Waals surface area (Å²) in [6.07, 6.45) is 4.50. The van der Waals surface area contributed by atoms with Gasteiger partial charge in [-0.15, -0.1) is 0 Å². The van der Waals surface area contributed by atoms with Gasteiger partial charge in [-0.3, -0.25) is 4.99 Å². The van der Waals surface area contributed by atoms with Crippen LogP contribution in [-0.2, 0) is 6.42 Å². The maximum atomic E-state index is 8.65. The van der Waals surface area contributed by atoms with Crippen molar-refractivity contribution in [2.75, 3.05) is 0 Å². The Bertz CT molecular complexity index is 405. The minimum atomic E-state index is 0.701. The van der Waals surface area contributed by atoms with E-state index in [0.717, 1.165) is 6.42 Å². The van der Waals surface area contributed by atoms with E-state index in [9.17, 15) is 0 Å². The van der Waals surface area contributed by atoms with Crippen LogP contribution in [0.15, 0.2) is 41.0 Å². The summed E-state index contributed by atoms with van der Waals surface area (Å²) in [5, 5.41) is 8.65. The lowest BCUT2D eigenvalue weighted by Crippen LogP contribution is -1.86. The maximum absolute atomic E-state index is 8.65. The lowest BCUT2D eigenvalue weighted by molar-refractivity contribution is 1.13. The molecule has 0 aliphatic heterocycles. The van der Waals surface area contributed by atoms with Gasteiger partial charge in [0.25, 0.3) is 0 Å². The molecule has 0 amide bonds. The van der Waals surface area contributed by atoms with E-state index in [0.29, 0.717) is 5.56 Å². The summed E-state index contributed by atoms with van der Waals surface area (Å²) in [6, 6.07) is 9.74. The van der Waals surface area contributed by atoms with Gasteiger partial charge < -0.3 is 0 Å². The number of benzene rings is 1. The van der Waals surface area contributed by atoms with Gasteiger partial charge in [0.2, 0.25) is 0 Å². The van der Waals surface area contributed by atoms with E-state index in [2.05, 4.69) is 11.1 Å². The Labute approximate surface area is 90.6 Å². The molecular weight excluding hydrogens is 184 g/mol. The monoisotopic (exact) mass is 198 g/mol. The SMILES string of the molecule is CC=N/C=C(\C)Cc1ccc(C#N)cc1. The summed E-state index contributed by atoms with van der Waals surface area (Å²) in [5.74, 6) is 0. The van der Waals surface area contributed by atoms with Gasteiger partial charge in [-0.1, -0.05) is 17.7 Å². The highest BCUT2D eigenvalue weighted by Crippen LogP contribution is 2.09. The van der Waals surface area contributed by atoms with Crippen molar-refractivity contribution in [2.24, 2.45) is 4.99 Å². The Morgan fingerprint density at radius 2 is 2.07 bits per heavy atom. The molecule has 0 aliphatic rings. The highest BCUT2D eigenvalue weighted by molar-refractivity contribution is 5.54. The quantitative estimate of drug-likeness (QED) is 0.687. The highest BCUT2D eigenvalue weighted by Gasteiger charge is 1.95. The van der Waals surface area contributed by atoms with E-state index in [1.54, 1.807) is 6.21 Å². The highest BCUT2D eigenvalue weighted by atomic mass is 14.7. The van der Waals surface area contributed by atoms with Crippen molar-refractivity contribution in [3.63, 3.8) is 0 Å². The molecule has 0 spiro atoms. The summed E-state index contributed by atoms with van der Waals surface area (Å²) in [6.45, 7) is 3.94. The molecule has 76 valence electrons. The van der Waals surface area contributed by atoms with E-state index >= 15 is 0 Å². The van der Waals surface area contributed by atoms with Crippen LogP contribution in [-0.4, -0.2) is 6.21 Å². The van der Waals surface area contributed by atoms with Crippen LogP contribution in [0.4, 0.5) is 0 Å². The van der Waals surface area contributed by atoms with Gasteiger partial charge in [-0.25, -0.2) is 0 Å². The molecule has 0 atom stereocenters. The molecule has 0 radical (unpaired) electrons. The molecule has 0 saturated carbocycles. The van der Waals surface area contributed by atoms with Crippen LogP contribution < -0.4 is 0 Å². The molecule has 15 heavy (non-hydrogen) atoms. The number of allylic oxidation sites excluding steroid dienone is 1. The first-order chi connectivity index (χ1) is 7.26. The largest absolute Gasteiger partial charge is 0.269 e. The molecule has 1 aromatic carbocycles. The molecule has 0 heterocycles. The van der Waals surface area contributed by atoms with Crippen molar-refractivity contribution in [2.45, 2.75) is 20.3 Å². The van der Waals surface area contributed by atoms with Crippen LogP contribution in [0.1, 0.15) is 25.0 Å². The Kier molecular flexibility index (Phi) is 4.30. The Balaban J connectivity index is 2.70. The molecule has 0 unspecified atom stereocenters. The van der Waals surface area contributed by atoms with Gasteiger partial charge in [0.15, 0.2) is 0 Å². The Morgan fingerprint density at radius 1 is 1.40 bits per heavy atom. The van der Waals surface area contributed by atoms with E-state index in [1.807, 2.05) is 44.3 Å². The number of nitriles is 1. The molecule has 0 aliphatic carbocycles. The first-order valence-corrected chi connectivity index (χ1v) is 4.88. The smallest absolute Gasteiger partial charge is 0.0991 e. The molecule has 0 N–H and O–H groups in total. The van der Waals surface area contributed by atoms with Gasteiger partial charge in [0.1, 0.15) is 0 Å². The first-order valence-electron chi connectivity index (χ1n) is 4.88. The minimum Gasteiger partial charge on any atom is -0.269 e. The maximum Gasteiger partial charge on any atom is 0.0991 e. The predicted molar refractivity (Wildman–Crippen MR) is 62.8 cm³/mol. The fourth-order valence-corrected chi connectivity index (χ4v) is 1.27. The topological polar surface area (TPSA) is 36.1 Å². The second-order valence-electron chi connectivity index (χ2n) is 3.37. The summed E-state index contributed by atoms with van der Waals surface area (Å²) >= 11 is 0. The molecule has 0 aromatic heterocycles. The molecule has 2 nitrogen and oxygen atoms in total. The summed E-state index contributed by atoms with van der Waals surface area (Å²) in [7, 11) is 0. The van der Waals surface area contributed by atoms with Crippen molar-refractivity contribution < 1.29 is 0 Å². The van der Waals surface area contributed by atoms with Crippen molar-refractivity contribution in [1.29, 1.82) is 5.26 Å². The first kappa shape index (κ1) is 11.2. The average Bonchev–Trinajstić information content (AvgIpc) is 2.27. The lowest BCUT2D eigenvalue weighted by atomic mass is 10.1. The lowest BCUT2D eigenvalue weighted by Gasteiger charge is -2.00. The molecule has 0 saturated heterocycles. The van der Waals surface area contributed by atoms with Gasteiger partial charge in [0, 0.05) is 12.4 Å². The zero-order valence-corrected chi connectivity index (χ0v) is 9.07.